The number of quaternary nitrogens is 1. The molecule has 0 aromatic carbocycles. The van der Waals surface area contributed by atoms with E-state index >= 15 is 0 Å². The summed E-state index contributed by atoms with van der Waals surface area (Å²) in [6.07, 6.45) is 5.98. The Labute approximate surface area is 127 Å². The number of aliphatic carboxylic acids is 1. The minimum Gasteiger partial charge on any atom is -0.477 e. The Balaban J connectivity index is 1.83. The molecule has 1 fully saturated rings. The highest BCUT2D eigenvalue weighted by Crippen LogP contribution is 2.22. The molecule has 0 aliphatic carbocycles. The Morgan fingerprint density at radius 1 is 1.50 bits per heavy atom. The van der Waals surface area contributed by atoms with Gasteiger partial charge in [0.2, 0.25) is 0 Å². The third-order valence-electron chi connectivity index (χ3n) is 4.43. The molecule has 0 saturated carbocycles. The second-order valence-corrected chi connectivity index (χ2v) is 5.82. The topological polar surface area (TPSA) is 98.2 Å². The molecule has 22 heavy (non-hydrogen) atoms. The Bertz CT molecular complexity index is 726. The van der Waals surface area contributed by atoms with Crippen LogP contribution in [0.15, 0.2) is 30.7 Å². The van der Waals surface area contributed by atoms with Gasteiger partial charge in [0.1, 0.15) is 12.6 Å². The lowest BCUT2D eigenvalue weighted by Gasteiger charge is -2.30. The van der Waals surface area contributed by atoms with E-state index in [1.165, 1.54) is 0 Å². The zero-order chi connectivity index (χ0) is 15.7. The van der Waals surface area contributed by atoms with Crippen LogP contribution in [-0.4, -0.2) is 56.7 Å². The monoisotopic (exact) mass is 303 g/mol. The number of carbonyl (C=O) groups is 2. The lowest BCUT2D eigenvalue weighted by molar-refractivity contribution is -0.839. The first-order chi connectivity index (χ1) is 10.5. The van der Waals surface area contributed by atoms with E-state index in [0.717, 1.165) is 10.9 Å². The van der Waals surface area contributed by atoms with Crippen molar-refractivity contribution in [3.63, 3.8) is 0 Å². The van der Waals surface area contributed by atoms with Gasteiger partial charge in [0.15, 0.2) is 6.54 Å². The number of amides is 1. The number of carboxylic acids is 1. The molecule has 3 rings (SSSR count). The van der Waals surface area contributed by atoms with Gasteiger partial charge in [-0.2, -0.15) is 0 Å². The highest BCUT2D eigenvalue weighted by molar-refractivity contribution is 5.80. The molecule has 0 spiro atoms. The Kier molecular flexibility index (Phi) is 3.67. The number of rotatable bonds is 5. The van der Waals surface area contributed by atoms with Crippen LogP contribution in [0.1, 0.15) is 6.42 Å². The van der Waals surface area contributed by atoms with E-state index < -0.39 is 12.0 Å². The van der Waals surface area contributed by atoms with Crippen molar-refractivity contribution in [2.45, 2.75) is 19.0 Å². The summed E-state index contributed by atoms with van der Waals surface area (Å²) in [5.74, 6) is -1.13. The average molecular weight is 303 g/mol. The molecule has 7 nitrogen and oxygen atoms in total. The van der Waals surface area contributed by atoms with Crippen molar-refractivity contribution in [2.24, 2.45) is 5.73 Å². The number of hydrogen-bond acceptors (Lipinski definition) is 4. The number of hydrogen-bond donors (Lipinski definition) is 2. The van der Waals surface area contributed by atoms with E-state index in [1.54, 1.807) is 12.4 Å². The van der Waals surface area contributed by atoms with Gasteiger partial charge >= 0.3 is 11.9 Å². The van der Waals surface area contributed by atoms with Crippen LogP contribution in [0, 0.1) is 0 Å². The van der Waals surface area contributed by atoms with Crippen LogP contribution in [0.5, 0.6) is 0 Å². The third kappa shape index (κ3) is 2.49. The molecular formula is C15H19N4O3+. The summed E-state index contributed by atoms with van der Waals surface area (Å²) in [5.41, 5.74) is 6.82. The van der Waals surface area contributed by atoms with E-state index in [-0.39, 0.29) is 16.9 Å². The maximum absolute atomic E-state index is 12.4. The van der Waals surface area contributed by atoms with Gasteiger partial charge in [-0.25, -0.2) is 14.1 Å². The number of nitrogens with two attached hydrogens (primary N) is 1. The van der Waals surface area contributed by atoms with Gasteiger partial charge in [0.25, 0.3) is 0 Å². The van der Waals surface area contributed by atoms with E-state index in [0.29, 0.717) is 26.1 Å². The molecule has 2 aromatic heterocycles. The van der Waals surface area contributed by atoms with Gasteiger partial charge in [0, 0.05) is 30.4 Å². The molecule has 1 aliphatic rings. The minimum atomic E-state index is -0.969. The smallest absolute Gasteiger partial charge is 0.359 e. The van der Waals surface area contributed by atoms with E-state index in [1.807, 2.05) is 22.9 Å². The Hall–Kier alpha value is -2.25. The number of carboxylic acid groups (broad SMARTS) is 1. The lowest BCUT2D eigenvalue weighted by Crippen LogP contribution is -2.56. The van der Waals surface area contributed by atoms with Crippen LogP contribution in [0.25, 0.3) is 10.9 Å². The molecule has 116 valence electrons. The largest absolute Gasteiger partial charge is 0.477 e. The number of aromatic nitrogens is 2. The van der Waals surface area contributed by atoms with Crippen molar-refractivity contribution < 1.29 is 19.2 Å². The van der Waals surface area contributed by atoms with E-state index in [4.69, 9.17) is 10.8 Å². The fourth-order valence-corrected chi connectivity index (χ4v) is 3.22. The molecule has 0 bridgehead atoms. The molecule has 1 saturated heterocycles. The highest BCUT2D eigenvalue weighted by Gasteiger charge is 2.47. The number of fused-ring (bicyclic) bond motifs is 1. The van der Waals surface area contributed by atoms with Crippen LogP contribution < -0.4 is 5.73 Å². The zero-order valence-corrected chi connectivity index (χ0v) is 12.2. The van der Waals surface area contributed by atoms with Crippen molar-refractivity contribution >= 4 is 22.8 Å². The minimum absolute atomic E-state index is 0.0682. The summed E-state index contributed by atoms with van der Waals surface area (Å²) in [5, 5.41) is 10.2. The van der Waals surface area contributed by atoms with Crippen LogP contribution in [0.3, 0.4) is 0 Å². The summed E-state index contributed by atoms with van der Waals surface area (Å²) in [6, 6.07) is 3.32. The maximum Gasteiger partial charge on any atom is 0.359 e. The van der Waals surface area contributed by atoms with Crippen molar-refractivity contribution in [1.29, 1.82) is 0 Å². The van der Waals surface area contributed by atoms with Gasteiger partial charge in [-0.1, -0.05) is 0 Å². The van der Waals surface area contributed by atoms with Gasteiger partial charge in [-0.3, -0.25) is 4.98 Å². The van der Waals surface area contributed by atoms with Gasteiger partial charge in [-0.15, -0.1) is 0 Å². The quantitative estimate of drug-likeness (QED) is 0.769. The van der Waals surface area contributed by atoms with Crippen molar-refractivity contribution in [3.05, 3.63) is 30.7 Å². The lowest BCUT2D eigenvalue weighted by atomic mass is 10.3. The Morgan fingerprint density at radius 3 is 3.00 bits per heavy atom. The first-order valence-electron chi connectivity index (χ1n) is 7.29. The van der Waals surface area contributed by atoms with Crippen molar-refractivity contribution in [2.75, 3.05) is 19.6 Å². The second kappa shape index (κ2) is 5.51. The summed E-state index contributed by atoms with van der Waals surface area (Å²) >= 11 is 0. The summed E-state index contributed by atoms with van der Waals surface area (Å²) < 4.78 is 1.96. The van der Waals surface area contributed by atoms with E-state index in [2.05, 4.69) is 4.98 Å². The molecule has 3 N–H and O–H groups in total. The highest BCUT2D eigenvalue weighted by atomic mass is 16.4. The molecule has 2 atom stereocenters. The van der Waals surface area contributed by atoms with E-state index in [9.17, 15) is 9.59 Å². The first kappa shape index (κ1) is 14.7. The van der Waals surface area contributed by atoms with Crippen LogP contribution in [0.2, 0.25) is 0 Å². The Morgan fingerprint density at radius 2 is 2.32 bits per heavy atom. The molecule has 3 heterocycles. The average Bonchev–Trinajstić information content (AvgIpc) is 3.02. The molecule has 2 aromatic rings. The SMILES string of the molecule is N[C@H]1CC[N+](CCn2ccc3cnccc32)(CC(=O)O)C1=O. The predicted octanol–water partition coefficient (Wildman–Crippen LogP) is 0.195. The molecule has 1 aliphatic heterocycles. The number of pyridine rings is 1. The standard InChI is InChI=1S/C15H18N4O3/c16-12-3-7-19(15(12)22,10-14(20)21)8-6-18-5-2-11-9-17-4-1-13(11)18/h1-2,4-5,9,12H,3,6-8,10,16H2/p+1/t12-,19?/m0/s1. The van der Waals surface area contributed by atoms with Gasteiger partial charge < -0.3 is 15.4 Å². The van der Waals surface area contributed by atoms with Crippen LogP contribution >= 0.6 is 0 Å². The first-order valence-corrected chi connectivity index (χ1v) is 7.29. The molecule has 0 radical (unpaired) electrons. The van der Waals surface area contributed by atoms with Crippen LogP contribution in [-0.2, 0) is 16.1 Å². The number of nitrogens with zero attached hydrogens (tertiary/aromatic N) is 3. The summed E-state index contributed by atoms with van der Waals surface area (Å²) in [7, 11) is 0. The zero-order valence-electron chi connectivity index (χ0n) is 12.2. The van der Waals surface area contributed by atoms with Crippen molar-refractivity contribution in [1.82, 2.24) is 9.55 Å². The van der Waals surface area contributed by atoms with Gasteiger partial charge in [-0.05, 0) is 12.1 Å². The third-order valence-corrected chi connectivity index (χ3v) is 4.43. The molecule has 1 unspecified atom stereocenters. The predicted molar refractivity (Wildman–Crippen MR) is 79.8 cm³/mol. The second-order valence-electron chi connectivity index (χ2n) is 5.82. The number of likely N-dealkylation sites (tertiary alicyclic amines) is 1. The summed E-state index contributed by atoms with van der Waals surface area (Å²) in [6.45, 7) is 1.30. The van der Waals surface area contributed by atoms with Gasteiger partial charge in [0.05, 0.1) is 18.6 Å². The number of carbonyl (C=O) groups excluding carboxylic acids is 1. The molecule has 1 amide bonds. The summed E-state index contributed by atoms with van der Waals surface area (Å²) in [4.78, 5) is 27.6. The van der Waals surface area contributed by atoms with Crippen molar-refractivity contribution in [3.8, 4) is 0 Å². The fraction of sp³-hybridized carbons (Fsp3) is 0.400. The fourth-order valence-electron chi connectivity index (χ4n) is 3.22. The maximum atomic E-state index is 12.4. The molecular weight excluding hydrogens is 284 g/mol. The normalized spacial score (nSPS) is 25.0. The molecule has 7 heteroatoms. The van der Waals surface area contributed by atoms with Crippen LogP contribution in [0.4, 0.5) is 0 Å².